The molecule has 0 aliphatic carbocycles. The van der Waals surface area contributed by atoms with Crippen LogP contribution in [0.5, 0.6) is 0 Å². The molecule has 0 fully saturated rings. The lowest BCUT2D eigenvalue weighted by molar-refractivity contribution is -0.136. The molecule has 0 bridgehead atoms. The summed E-state index contributed by atoms with van der Waals surface area (Å²) in [5.41, 5.74) is 2.70. The highest BCUT2D eigenvalue weighted by molar-refractivity contribution is 6.35. The zero-order valence-corrected chi connectivity index (χ0v) is 11.7. The molecule has 1 heterocycles. The van der Waals surface area contributed by atoms with Gasteiger partial charge in [0.05, 0.1) is 10.5 Å². The molecule has 100 valence electrons. The van der Waals surface area contributed by atoms with Crippen molar-refractivity contribution in [1.82, 2.24) is 4.98 Å². The molecule has 1 aromatic heterocycles. The van der Waals surface area contributed by atoms with Crippen molar-refractivity contribution in [3.8, 4) is 0 Å². The van der Waals surface area contributed by atoms with Crippen LogP contribution < -0.4 is 0 Å². The van der Waals surface area contributed by atoms with Gasteiger partial charge in [-0.2, -0.15) is 0 Å². The molecule has 0 atom stereocenters. The molecule has 0 amide bonds. The molecule has 0 radical (unpaired) electrons. The summed E-state index contributed by atoms with van der Waals surface area (Å²) in [4.78, 5) is 15.3. The number of carboxylic acids is 1. The number of hydrogen-bond donors (Lipinski definition) is 1. The Bertz CT molecular complexity index is 623. The quantitative estimate of drug-likeness (QED) is 0.918. The van der Waals surface area contributed by atoms with Crippen molar-refractivity contribution in [3.63, 3.8) is 0 Å². The minimum Gasteiger partial charge on any atom is -0.481 e. The van der Waals surface area contributed by atoms with E-state index in [9.17, 15) is 4.79 Å². The Labute approximate surface area is 117 Å². The predicted molar refractivity (Wildman–Crippen MR) is 76.8 cm³/mol. The van der Waals surface area contributed by atoms with Gasteiger partial charge in [-0.25, -0.2) is 0 Å². The maximum Gasteiger partial charge on any atom is 0.303 e. The van der Waals surface area contributed by atoms with E-state index >= 15 is 0 Å². The summed E-state index contributed by atoms with van der Waals surface area (Å²) in [5.74, 6) is -0.512. The minimum atomic E-state index is -0.793. The summed E-state index contributed by atoms with van der Waals surface area (Å²) < 4.78 is 0. The van der Waals surface area contributed by atoms with Crippen molar-refractivity contribution in [2.75, 3.05) is 0 Å². The Hall–Kier alpha value is -1.61. The molecule has 19 heavy (non-hydrogen) atoms. The normalized spacial score (nSPS) is 11.2. The zero-order chi connectivity index (χ0) is 14.0. The summed E-state index contributed by atoms with van der Waals surface area (Å²) >= 11 is 6.19. The van der Waals surface area contributed by atoms with E-state index in [1.54, 1.807) is 0 Å². The number of para-hydroxylation sites is 1. The second-order valence-electron chi connectivity index (χ2n) is 4.89. The molecule has 0 aliphatic rings. The first-order valence-corrected chi connectivity index (χ1v) is 6.66. The van der Waals surface area contributed by atoms with Gasteiger partial charge in [0.15, 0.2) is 0 Å². The number of fused-ring (bicyclic) bond motifs is 1. The van der Waals surface area contributed by atoms with Crippen molar-refractivity contribution in [1.29, 1.82) is 0 Å². The van der Waals surface area contributed by atoms with E-state index in [1.807, 2.05) is 24.3 Å². The fraction of sp³-hybridized carbons (Fsp3) is 0.333. The number of halogens is 1. The number of aryl methyl sites for hydroxylation is 1. The summed E-state index contributed by atoms with van der Waals surface area (Å²) in [6, 6.07) is 7.61. The van der Waals surface area contributed by atoms with Crippen LogP contribution in [0.3, 0.4) is 0 Å². The monoisotopic (exact) mass is 277 g/mol. The molecule has 2 rings (SSSR count). The second-order valence-corrected chi connectivity index (χ2v) is 5.30. The third-order valence-electron chi connectivity index (χ3n) is 3.10. The van der Waals surface area contributed by atoms with Gasteiger partial charge in [0.1, 0.15) is 0 Å². The molecule has 2 aromatic rings. The Balaban J connectivity index is 2.58. The van der Waals surface area contributed by atoms with Gasteiger partial charge in [-0.15, -0.1) is 0 Å². The highest BCUT2D eigenvalue weighted by Crippen LogP contribution is 2.28. The molecule has 1 N–H and O–H groups in total. The first-order chi connectivity index (χ1) is 8.99. The van der Waals surface area contributed by atoms with Crippen LogP contribution in [0.4, 0.5) is 0 Å². The van der Waals surface area contributed by atoms with Crippen LogP contribution in [0.25, 0.3) is 10.9 Å². The largest absolute Gasteiger partial charge is 0.481 e. The minimum absolute atomic E-state index is 0.114. The molecule has 0 aliphatic heterocycles. The molecule has 3 nitrogen and oxygen atoms in total. The van der Waals surface area contributed by atoms with Crippen LogP contribution in [0.2, 0.25) is 5.02 Å². The number of hydrogen-bond acceptors (Lipinski definition) is 2. The Morgan fingerprint density at radius 1 is 1.42 bits per heavy atom. The average molecular weight is 278 g/mol. The van der Waals surface area contributed by atoms with Crippen LogP contribution in [0, 0.1) is 0 Å². The second kappa shape index (κ2) is 5.57. The molecule has 4 heteroatoms. The number of pyridine rings is 1. The van der Waals surface area contributed by atoms with Gasteiger partial charge in [0.25, 0.3) is 0 Å². The third-order valence-corrected chi connectivity index (χ3v) is 3.40. The molecule has 0 unspecified atom stereocenters. The zero-order valence-electron chi connectivity index (χ0n) is 11.0. The lowest BCUT2D eigenvalue weighted by Gasteiger charge is -2.12. The lowest BCUT2D eigenvalue weighted by Crippen LogP contribution is -2.01. The van der Waals surface area contributed by atoms with Crippen molar-refractivity contribution in [3.05, 3.63) is 40.5 Å². The lowest BCUT2D eigenvalue weighted by atomic mass is 10.00. The first-order valence-electron chi connectivity index (χ1n) is 6.29. The van der Waals surface area contributed by atoms with Crippen molar-refractivity contribution >= 4 is 28.5 Å². The van der Waals surface area contributed by atoms with Crippen LogP contribution >= 0.6 is 11.6 Å². The van der Waals surface area contributed by atoms with Gasteiger partial charge in [0, 0.05) is 17.5 Å². The van der Waals surface area contributed by atoms with E-state index in [0.29, 0.717) is 11.4 Å². The summed E-state index contributed by atoms with van der Waals surface area (Å²) in [6.45, 7) is 4.12. The average Bonchev–Trinajstić information content (AvgIpc) is 2.36. The Morgan fingerprint density at radius 3 is 2.79 bits per heavy atom. The number of aromatic nitrogens is 1. The maximum atomic E-state index is 10.8. The Kier molecular flexibility index (Phi) is 4.05. The number of carbonyl (C=O) groups is 1. The van der Waals surface area contributed by atoms with Crippen LogP contribution in [-0.2, 0) is 11.2 Å². The predicted octanol–water partition coefficient (Wildman–Crippen LogP) is 4.03. The number of rotatable bonds is 4. The molecule has 0 saturated heterocycles. The van der Waals surface area contributed by atoms with Gasteiger partial charge in [0.2, 0.25) is 0 Å². The van der Waals surface area contributed by atoms with Crippen LogP contribution in [-0.4, -0.2) is 16.1 Å². The van der Waals surface area contributed by atoms with E-state index in [2.05, 4.69) is 18.8 Å². The van der Waals surface area contributed by atoms with Gasteiger partial charge < -0.3 is 5.11 Å². The molecular formula is C15H16ClNO2. The van der Waals surface area contributed by atoms with E-state index < -0.39 is 5.97 Å². The van der Waals surface area contributed by atoms with Gasteiger partial charge in [-0.3, -0.25) is 9.78 Å². The fourth-order valence-electron chi connectivity index (χ4n) is 2.05. The number of benzene rings is 1. The SMILES string of the molecule is CC(C)c1cc(CCC(=O)O)c2cccc(Cl)c2n1. The van der Waals surface area contributed by atoms with E-state index in [-0.39, 0.29) is 12.3 Å². The number of carboxylic acid groups (broad SMARTS) is 1. The van der Waals surface area contributed by atoms with Crippen LogP contribution in [0.1, 0.15) is 37.4 Å². The smallest absolute Gasteiger partial charge is 0.303 e. The first kappa shape index (κ1) is 13.8. The summed E-state index contributed by atoms with van der Waals surface area (Å²) in [7, 11) is 0. The highest BCUT2D eigenvalue weighted by atomic mass is 35.5. The molecule has 0 spiro atoms. The van der Waals surface area contributed by atoms with E-state index in [0.717, 1.165) is 22.2 Å². The van der Waals surface area contributed by atoms with Crippen molar-refractivity contribution in [2.24, 2.45) is 0 Å². The molecular weight excluding hydrogens is 262 g/mol. The van der Waals surface area contributed by atoms with E-state index in [1.165, 1.54) is 0 Å². The van der Waals surface area contributed by atoms with Gasteiger partial charge in [-0.1, -0.05) is 37.6 Å². The maximum absolute atomic E-state index is 10.8. The molecule has 0 saturated carbocycles. The molecule has 1 aromatic carbocycles. The number of aliphatic carboxylic acids is 1. The summed E-state index contributed by atoms with van der Waals surface area (Å²) in [5, 5.41) is 10.4. The van der Waals surface area contributed by atoms with Gasteiger partial charge in [-0.05, 0) is 30.0 Å². The van der Waals surface area contributed by atoms with Crippen LogP contribution in [0.15, 0.2) is 24.3 Å². The van der Waals surface area contributed by atoms with E-state index in [4.69, 9.17) is 16.7 Å². The summed E-state index contributed by atoms with van der Waals surface area (Å²) in [6.07, 6.45) is 0.609. The Morgan fingerprint density at radius 2 is 2.16 bits per heavy atom. The van der Waals surface area contributed by atoms with Crippen molar-refractivity contribution < 1.29 is 9.90 Å². The standard InChI is InChI=1S/C15H16ClNO2/c1-9(2)13-8-10(6-7-14(18)19)11-4-3-5-12(16)15(11)17-13/h3-5,8-9H,6-7H2,1-2H3,(H,18,19). The van der Waals surface area contributed by atoms with Gasteiger partial charge >= 0.3 is 5.97 Å². The topological polar surface area (TPSA) is 50.2 Å². The third kappa shape index (κ3) is 3.04. The fourth-order valence-corrected chi connectivity index (χ4v) is 2.27. The highest BCUT2D eigenvalue weighted by Gasteiger charge is 2.11. The number of nitrogens with zero attached hydrogens (tertiary/aromatic N) is 1. The van der Waals surface area contributed by atoms with Crippen molar-refractivity contribution in [2.45, 2.75) is 32.6 Å².